The van der Waals surface area contributed by atoms with E-state index >= 15 is 0 Å². The van der Waals surface area contributed by atoms with Crippen LogP contribution in [0, 0.1) is 17.8 Å². The van der Waals surface area contributed by atoms with Gasteiger partial charge in [0.15, 0.2) is 0 Å². The fourth-order valence-corrected chi connectivity index (χ4v) is 5.00. The summed E-state index contributed by atoms with van der Waals surface area (Å²) in [4.78, 5) is 2.86. The maximum Gasteiger partial charge on any atom is 0.0172 e. The predicted molar refractivity (Wildman–Crippen MR) is 52.5 cm³/mol. The zero-order chi connectivity index (χ0) is 8.41. The fraction of sp³-hybridized carbons (Fsp3) is 1.00. The lowest BCUT2D eigenvalue weighted by Gasteiger charge is -2.64. The van der Waals surface area contributed by atoms with Gasteiger partial charge in [-0.3, -0.25) is 4.90 Å². The summed E-state index contributed by atoms with van der Waals surface area (Å²) in [5.41, 5.74) is 0. The van der Waals surface area contributed by atoms with Crippen LogP contribution in [-0.4, -0.2) is 23.5 Å². The van der Waals surface area contributed by atoms with E-state index in [1.54, 1.807) is 25.7 Å². The van der Waals surface area contributed by atoms with Gasteiger partial charge in [-0.1, -0.05) is 0 Å². The Morgan fingerprint density at radius 1 is 0.846 bits per heavy atom. The van der Waals surface area contributed by atoms with Gasteiger partial charge in [0.1, 0.15) is 0 Å². The minimum Gasteiger partial charge on any atom is -0.296 e. The first-order valence-electron chi connectivity index (χ1n) is 6.21. The molecule has 72 valence electrons. The molecule has 0 aromatic carbocycles. The summed E-state index contributed by atoms with van der Waals surface area (Å²) in [7, 11) is 0. The smallest absolute Gasteiger partial charge is 0.0172 e. The summed E-state index contributed by atoms with van der Waals surface area (Å²) in [6.07, 6.45) is 9.32. The summed E-state index contributed by atoms with van der Waals surface area (Å²) in [5, 5.41) is 0. The summed E-state index contributed by atoms with van der Waals surface area (Å²) >= 11 is 0. The highest BCUT2D eigenvalue weighted by Crippen LogP contribution is 2.57. The molecule has 3 atom stereocenters. The van der Waals surface area contributed by atoms with Crippen LogP contribution in [0.25, 0.3) is 0 Å². The monoisotopic (exact) mass is 177 g/mol. The third-order valence-electron chi connectivity index (χ3n) is 5.41. The van der Waals surface area contributed by atoms with Crippen LogP contribution in [0.15, 0.2) is 0 Å². The molecule has 2 aliphatic heterocycles. The van der Waals surface area contributed by atoms with Gasteiger partial charge in [0, 0.05) is 12.1 Å². The number of nitrogens with zero attached hydrogens (tertiary/aromatic N) is 1. The van der Waals surface area contributed by atoms with Crippen LogP contribution in [0.3, 0.4) is 0 Å². The molecule has 5 rings (SSSR count). The van der Waals surface area contributed by atoms with Crippen molar-refractivity contribution in [1.82, 2.24) is 4.90 Å². The molecule has 0 spiro atoms. The molecule has 2 saturated heterocycles. The highest BCUT2D eigenvalue weighted by Gasteiger charge is 2.59. The van der Waals surface area contributed by atoms with Gasteiger partial charge in [-0.05, 0) is 62.8 Å². The number of hydrogen-bond acceptors (Lipinski definition) is 1. The van der Waals surface area contributed by atoms with E-state index in [1.165, 1.54) is 19.4 Å². The molecule has 5 aliphatic rings. The molecule has 2 heterocycles. The van der Waals surface area contributed by atoms with Crippen molar-refractivity contribution < 1.29 is 0 Å². The molecule has 3 aliphatic carbocycles. The van der Waals surface area contributed by atoms with Crippen molar-refractivity contribution in [2.75, 3.05) is 6.54 Å². The van der Waals surface area contributed by atoms with E-state index in [2.05, 4.69) is 4.90 Å². The largest absolute Gasteiger partial charge is 0.296 e. The van der Waals surface area contributed by atoms with Crippen molar-refractivity contribution in [2.24, 2.45) is 17.8 Å². The first-order chi connectivity index (χ1) is 6.45. The second-order valence-corrected chi connectivity index (χ2v) is 5.69. The summed E-state index contributed by atoms with van der Waals surface area (Å²) in [6.45, 7) is 1.44. The molecule has 5 fully saturated rings. The second kappa shape index (κ2) is 2.31. The molecule has 0 amide bonds. The Balaban J connectivity index is 1.69. The van der Waals surface area contributed by atoms with Gasteiger partial charge in [-0.25, -0.2) is 0 Å². The molecule has 0 N–H and O–H groups in total. The Morgan fingerprint density at radius 2 is 1.62 bits per heavy atom. The normalized spacial score (nSPS) is 58.6. The molecular weight excluding hydrogens is 158 g/mol. The zero-order valence-corrected chi connectivity index (χ0v) is 8.28. The Hall–Kier alpha value is -0.0400. The van der Waals surface area contributed by atoms with E-state index in [9.17, 15) is 0 Å². The SMILES string of the molecule is C1CC2C3C4CCC(CC4)C3N2C1. The average molecular weight is 177 g/mol. The third-order valence-corrected chi connectivity index (χ3v) is 5.41. The van der Waals surface area contributed by atoms with E-state index in [-0.39, 0.29) is 0 Å². The van der Waals surface area contributed by atoms with Gasteiger partial charge in [-0.15, -0.1) is 0 Å². The van der Waals surface area contributed by atoms with Gasteiger partial charge < -0.3 is 0 Å². The summed E-state index contributed by atoms with van der Waals surface area (Å²) in [5.74, 6) is 3.42. The van der Waals surface area contributed by atoms with Gasteiger partial charge in [0.05, 0.1) is 0 Å². The van der Waals surface area contributed by atoms with Crippen LogP contribution in [-0.2, 0) is 0 Å². The van der Waals surface area contributed by atoms with E-state index in [1.807, 2.05) is 0 Å². The van der Waals surface area contributed by atoms with Gasteiger partial charge >= 0.3 is 0 Å². The molecule has 1 nitrogen and oxygen atoms in total. The lowest BCUT2D eigenvalue weighted by molar-refractivity contribution is -0.143. The predicted octanol–water partition coefficient (Wildman–Crippen LogP) is 2.27. The molecule has 1 heteroatoms. The van der Waals surface area contributed by atoms with Crippen molar-refractivity contribution in [3.05, 3.63) is 0 Å². The molecule has 0 aromatic heterocycles. The van der Waals surface area contributed by atoms with Crippen molar-refractivity contribution in [3.8, 4) is 0 Å². The quantitative estimate of drug-likeness (QED) is 0.548. The third kappa shape index (κ3) is 0.743. The van der Waals surface area contributed by atoms with E-state index < -0.39 is 0 Å². The minimum atomic E-state index is 1.05. The zero-order valence-electron chi connectivity index (χ0n) is 8.28. The topological polar surface area (TPSA) is 3.24 Å². The van der Waals surface area contributed by atoms with E-state index in [0.717, 1.165) is 29.8 Å². The number of hydrogen-bond donors (Lipinski definition) is 0. The minimum absolute atomic E-state index is 1.05. The van der Waals surface area contributed by atoms with Crippen LogP contribution in [0.5, 0.6) is 0 Å². The number of rotatable bonds is 0. The Kier molecular flexibility index (Phi) is 1.29. The van der Waals surface area contributed by atoms with Crippen LogP contribution < -0.4 is 0 Å². The maximum absolute atomic E-state index is 2.86. The van der Waals surface area contributed by atoms with Crippen LogP contribution >= 0.6 is 0 Å². The van der Waals surface area contributed by atoms with Crippen molar-refractivity contribution in [1.29, 1.82) is 0 Å². The molecule has 2 bridgehead atoms. The first kappa shape index (κ1) is 7.28. The van der Waals surface area contributed by atoms with Gasteiger partial charge in [0.2, 0.25) is 0 Å². The first-order valence-corrected chi connectivity index (χ1v) is 6.21. The lowest BCUT2D eigenvalue weighted by atomic mass is 9.54. The highest BCUT2D eigenvalue weighted by atomic mass is 15.3. The van der Waals surface area contributed by atoms with Crippen molar-refractivity contribution in [2.45, 2.75) is 50.6 Å². The van der Waals surface area contributed by atoms with E-state index in [4.69, 9.17) is 0 Å². The Morgan fingerprint density at radius 3 is 2.46 bits per heavy atom. The van der Waals surface area contributed by atoms with Crippen molar-refractivity contribution in [3.63, 3.8) is 0 Å². The summed E-state index contributed by atoms with van der Waals surface area (Å²) in [6, 6.07) is 2.12. The Bertz CT molecular complexity index is 201. The molecule has 13 heavy (non-hydrogen) atoms. The maximum atomic E-state index is 2.86. The average Bonchev–Trinajstić information content (AvgIpc) is 2.56. The van der Waals surface area contributed by atoms with E-state index in [0.29, 0.717) is 0 Å². The molecular formula is C12H19N. The van der Waals surface area contributed by atoms with Gasteiger partial charge in [0.25, 0.3) is 0 Å². The molecule has 3 unspecified atom stereocenters. The fourth-order valence-electron chi connectivity index (χ4n) is 5.00. The molecule has 3 saturated carbocycles. The second-order valence-electron chi connectivity index (χ2n) is 5.69. The van der Waals surface area contributed by atoms with Crippen molar-refractivity contribution >= 4 is 0 Å². The van der Waals surface area contributed by atoms with Gasteiger partial charge in [-0.2, -0.15) is 0 Å². The van der Waals surface area contributed by atoms with Crippen LogP contribution in [0.1, 0.15) is 38.5 Å². The van der Waals surface area contributed by atoms with Crippen LogP contribution in [0.4, 0.5) is 0 Å². The highest BCUT2D eigenvalue weighted by molar-refractivity contribution is 5.12. The van der Waals surface area contributed by atoms with Crippen LogP contribution in [0.2, 0.25) is 0 Å². The lowest BCUT2D eigenvalue weighted by Crippen LogP contribution is -2.69. The summed E-state index contributed by atoms with van der Waals surface area (Å²) < 4.78 is 0. The molecule has 0 radical (unpaired) electrons. The number of fused-ring (bicyclic) bond motifs is 3. The standard InChI is InChI=1S/C12H19N/c1-2-10-11-8-3-5-9(6-4-8)12(11)13(10)7-1/h8-12H,1-7H2. The Labute approximate surface area is 80.5 Å². The molecule has 0 aromatic rings.